The Morgan fingerprint density at radius 1 is 1.10 bits per heavy atom. The van der Waals surface area contributed by atoms with Crippen molar-refractivity contribution in [3.63, 3.8) is 0 Å². The number of sulfonamides is 1. The Kier molecular flexibility index (Phi) is 6.30. The van der Waals surface area contributed by atoms with Crippen LogP contribution in [0.1, 0.15) is 22.8 Å². The molecule has 0 aliphatic rings. The highest BCUT2D eigenvalue weighted by Crippen LogP contribution is 2.35. The number of hydrogen-bond donors (Lipinski definition) is 1. The summed E-state index contributed by atoms with van der Waals surface area (Å²) in [5.41, 5.74) is -0.762. The van der Waals surface area contributed by atoms with Crippen molar-refractivity contribution in [2.24, 2.45) is 7.05 Å². The van der Waals surface area contributed by atoms with Gasteiger partial charge in [-0.05, 0) is 17.2 Å². The maximum atomic E-state index is 13.3. The number of aliphatic hydroxyl groups excluding tert-OH is 1. The zero-order valence-electron chi connectivity index (χ0n) is 16.0. The van der Waals surface area contributed by atoms with Crippen molar-refractivity contribution in [1.82, 2.24) is 14.1 Å². The number of aromatic nitrogens is 2. The number of rotatable bonds is 7. The number of hydrogen-bond acceptors (Lipinski definition) is 4. The number of alkyl halides is 3. The van der Waals surface area contributed by atoms with Crippen molar-refractivity contribution >= 4 is 10.0 Å². The lowest BCUT2D eigenvalue weighted by Crippen LogP contribution is -2.34. The molecule has 1 atom stereocenters. The van der Waals surface area contributed by atoms with E-state index in [1.807, 2.05) is 0 Å². The molecule has 0 saturated heterocycles. The molecule has 3 rings (SSSR count). The summed E-state index contributed by atoms with van der Waals surface area (Å²) >= 11 is 0. The molecule has 0 bridgehead atoms. The number of benzene rings is 2. The molecule has 1 N–H and O–H groups in total. The molecular weight excluding hydrogens is 419 g/mol. The first kappa shape index (κ1) is 22.0. The first-order valence-electron chi connectivity index (χ1n) is 8.96. The summed E-state index contributed by atoms with van der Waals surface area (Å²) in [5, 5.41) is 14.5. The van der Waals surface area contributed by atoms with Crippen molar-refractivity contribution in [3.8, 4) is 0 Å². The van der Waals surface area contributed by atoms with Crippen LogP contribution in [-0.4, -0.2) is 34.2 Å². The van der Waals surface area contributed by atoms with Gasteiger partial charge in [0.15, 0.2) is 0 Å². The van der Waals surface area contributed by atoms with Gasteiger partial charge >= 0.3 is 6.18 Å². The maximum absolute atomic E-state index is 13.3. The molecule has 0 aliphatic carbocycles. The van der Waals surface area contributed by atoms with Gasteiger partial charge in [0.25, 0.3) is 0 Å². The van der Waals surface area contributed by atoms with E-state index in [1.54, 1.807) is 37.4 Å². The SMILES string of the molecule is Cn1cc(S(=O)(=O)N(Cc2ccccc2)CC(O)c2ccccc2C(F)(F)F)cn1. The Morgan fingerprint density at radius 3 is 2.33 bits per heavy atom. The predicted octanol–water partition coefficient (Wildman–Crippen LogP) is 3.36. The van der Waals surface area contributed by atoms with Gasteiger partial charge in [0.05, 0.1) is 17.9 Å². The van der Waals surface area contributed by atoms with Crippen LogP contribution in [0.2, 0.25) is 0 Å². The highest BCUT2D eigenvalue weighted by molar-refractivity contribution is 7.89. The van der Waals surface area contributed by atoms with E-state index in [4.69, 9.17) is 0 Å². The minimum absolute atomic E-state index is 0.114. The van der Waals surface area contributed by atoms with Gasteiger partial charge in [-0.2, -0.15) is 22.6 Å². The number of halogens is 3. The fraction of sp³-hybridized carbons (Fsp3) is 0.250. The van der Waals surface area contributed by atoms with Crippen LogP contribution in [0.5, 0.6) is 0 Å². The van der Waals surface area contributed by atoms with Gasteiger partial charge in [0, 0.05) is 26.3 Å². The van der Waals surface area contributed by atoms with E-state index < -0.39 is 34.4 Å². The molecule has 1 unspecified atom stereocenters. The van der Waals surface area contributed by atoms with E-state index in [0.29, 0.717) is 5.56 Å². The van der Waals surface area contributed by atoms with Gasteiger partial charge in [0.2, 0.25) is 10.0 Å². The van der Waals surface area contributed by atoms with Crippen molar-refractivity contribution in [1.29, 1.82) is 0 Å². The van der Waals surface area contributed by atoms with Crippen LogP contribution in [-0.2, 0) is 29.8 Å². The van der Waals surface area contributed by atoms with Crippen LogP contribution in [0.25, 0.3) is 0 Å². The molecule has 0 amide bonds. The predicted molar refractivity (Wildman–Crippen MR) is 104 cm³/mol. The Morgan fingerprint density at radius 2 is 1.73 bits per heavy atom. The average Bonchev–Trinajstić information content (AvgIpc) is 3.15. The van der Waals surface area contributed by atoms with Gasteiger partial charge in [-0.1, -0.05) is 48.5 Å². The van der Waals surface area contributed by atoms with Crippen LogP contribution < -0.4 is 0 Å². The number of aryl methyl sites for hydroxylation is 1. The Bertz CT molecular complexity index is 1100. The quantitative estimate of drug-likeness (QED) is 0.613. The van der Waals surface area contributed by atoms with Crippen LogP contribution in [0.3, 0.4) is 0 Å². The van der Waals surface area contributed by atoms with E-state index in [0.717, 1.165) is 22.6 Å². The van der Waals surface area contributed by atoms with Crippen LogP contribution in [0.4, 0.5) is 13.2 Å². The van der Waals surface area contributed by atoms with Gasteiger partial charge in [-0.25, -0.2) is 8.42 Å². The Labute approximate surface area is 172 Å². The van der Waals surface area contributed by atoms with Crippen molar-refractivity contribution in [2.45, 2.75) is 23.7 Å². The fourth-order valence-electron chi connectivity index (χ4n) is 3.05. The normalized spacial score (nSPS) is 13.5. The third kappa shape index (κ3) is 4.89. The molecule has 160 valence electrons. The molecule has 0 saturated carbocycles. The Hall–Kier alpha value is -2.69. The monoisotopic (exact) mass is 439 g/mol. The topological polar surface area (TPSA) is 75.4 Å². The second-order valence-corrected chi connectivity index (χ2v) is 8.67. The van der Waals surface area contributed by atoms with E-state index in [-0.39, 0.29) is 17.0 Å². The minimum atomic E-state index is -4.68. The largest absolute Gasteiger partial charge is 0.416 e. The smallest absolute Gasteiger partial charge is 0.387 e. The third-order valence-corrected chi connectivity index (χ3v) is 6.29. The minimum Gasteiger partial charge on any atom is -0.387 e. The lowest BCUT2D eigenvalue weighted by molar-refractivity contribution is -0.139. The highest BCUT2D eigenvalue weighted by atomic mass is 32.2. The molecule has 3 aromatic rings. The first-order valence-corrected chi connectivity index (χ1v) is 10.4. The average molecular weight is 439 g/mol. The standard InChI is InChI=1S/C20H20F3N3O3S/c1-25-13-16(11-24-25)30(28,29)26(12-15-7-3-2-4-8-15)14-19(27)17-9-5-6-10-18(17)20(21,22)23/h2-11,13,19,27H,12,14H2,1H3. The molecule has 30 heavy (non-hydrogen) atoms. The second kappa shape index (κ2) is 8.58. The van der Waals surface area contributed by atoms with Crippen molar-refractivity contribution in [3.05, 3.63) is 83.7 Å². The summed E-state index contributed by atoms with van der Waals surface area (Å²) in [6.45, 7) is -0.678. The Balaban J connectivity index is 1.97. The molecule has 6 nitrogen and oxygen atoms in total. The summed E-state index contributed by atoms with van der Waals surface area (Å²) in [6, 6.07) is 13.2. The molecular formula is C20H20F3N3O3S. The van der Waals surface area contributed by atoms with E-state index >= 15 is 0 Å². The molecule has 10 heteroatoms. The maximum Gasteiger partial charge on any atom is 0.416 e. The number of aliphatic hydroxyl groups is 1. The lowest BCUT2D eigenvalue weighted by atomic mass is 10.0. The van der Waals surface area contributed by atoms with Crippen LogP contribution in [0.15, 0.2) is 71.9 Å². The fourth-order valence-corrected chi connectivity index (χ4v) is 4.47. The zero-order valence-corrected chi connectivity index (χ0v) is 16.8. The van der Waals surface area contributed by atoms with E-state index in [1.165, 1.54) is 23.0 Å². The third-order valence-electron chi connectivity index (χ3n) is 4.52. The van der Waals surface area contributed by atoms with Crippen LogP contribution in [0, 0.1) is 0 Å². The van der Waals surface area contributed by atoms with Crippen molar-refractivity contribution in [2.75, 3.05) is 6.54 Å². The zero-order chi connectivity index (χ0) is 21.9. The summed E-state index contributed by atoms with van der Waals surface area (Å²) in [7, 11) is -2.57. The highest BCUT2D eigenvalue weighted by Gasteiger charge is 2.36. The molecule has 0 aliphatic heterocycles. The molecule has 2 aromatic carbocycles. The van der Waals surface area contributed by atoms with Gasteiger partial charge in [0.1, 0.15) is 4.90 Å². The summed E-state index contributed by atoms with van der Waals surface area (Å²) in [6.07, 6.45) is -3.91. The summed E-state index contributed by atoms with van der Waals surface area (Å²) < 4.78 is 68.6. The molecule has 0 fully saturated rings. The second-order valence-electron chi connectivity index (χ2n) is 6.73. The molecule has 0 radical (unpaired) electrons. The lowest BCUT2D eigenvalue weighted by Gasteiger charge is -2.26. The molecule has 1 aromatic heterocycles. The first-order chi connectivity index (χ1) is 14.1. The summed E-state index contributed by atoms with van der Waals surface area (Å²) in [5.74, 6) is 0. The van der Waals surface area contributed by atoms with Gasteiger partial charge in [-0.15, -0.1) is 0 Å². The van der Waals surface area contributed by atoms with Gasteiger partial charge in [-0.3, -0.25) is 4.68 Å². The number of nitrogens with zero attached hydrogens (tertiary/aromatic N) is 3. The van der Waals surface area contributed by atoms with E-state index in [9.17, 15) is 26.7 Å². The van der Waals surface area contributed by atoms with Crippen molar-refractivity contribution < 1.29 is 26.7 Å². The van der Waals surface area contributed by atoms with Gasteiger partial charge < -0.3 is 5.11 Å². The summed E-state index contributed by atoms with van der Waals surface area (Å²) in [4.78, 5) is -0.114. The molecule has 1 heterocycles. The van der Waals surface area contributed by atoms with E-state index in [2.05, 4.69) is 5.10 Å². The molecule has 0 spiro atoms. The van der Waals surface area contributed by atoms with Crippen LogP contribution >= 0.6 is 0 Å².